The molecule has 0 fully saturated rings. The highest BCUT2D eigenvalue weighted by Gasteiger charge is 2.25. The average molecular weight is 628 g/mol. The molecule has 232 valence electrons. The lowest BCUT2D eigenvalue weighted by molar-refractivity contribution is 0.597. The first-order valence-corrected chi connectivity index (χ1v) is 16.6. The number of hydrogen-bond acceptors (Lipinski definition) is 1. The molecular formula is C45H41NS. The van der Waals surface area contributed by atoms with Crippen molar-refractivity contribution in [3.8, 4) is 16.8 Å². The van der Waals surface area contributed by atoms with Crippen molar-refractivity contribution in [3.05, 3.63) is 198 Å². The molecule has 5 aromatic rings. The van der Waals surface area contributed by atoms with Crippen LogP contribution in [0, 0.1) is 13.8 Å². The highest BCUT2D eigenvalue weighted by Crippen LogP contribution is 2.37. The minimum Gasteiger partial charge on any atom is -0.310 e. The van der Waals surface area contributed by atoms with Crippen LogP contribution in [0.25, 0.3) is 34.5 Å². The molecular weight excluding hydrogens is 587 g/mol. The normalized spacial score (nSPS) is 16.6. The summed E-state index contributed by atoms with van der Waals surface area (Å²) >= 11 is 4.47. The number of para-hydroxylation sites is 1. The summed E-state index contributed by atoms with van der Waals surface area (Å²) in [5.41, 5.74) is 14.0. The number of benzene rings is 4. The second-order valence-corrected chi connectivity index (χ2v) is 12.9. The van der Waals surface area contributed by atoms with E-state index in [1.807, 2.05) is 18.2 Å². The smallest absolute Gasteiger partial charge is 0.0500 e. The van der Waals surface area contributed by atoms with Crippen molar-refractivity contribution in [1.82, 2.24) is 4.57 Å². The van der Waals surface area contributed by atoms with Gasteiger partial charge in [0.25, 0.3) is 0 Å². The molecule has 1 aliphatic carbocycles. The van der Waals surface area contributed by atoms with Crippen molar-refractivity contribution in [2.24, 2.45) is 0 Å². The fourth-order valence-corrected chi connectivity index (χ4v) is 6.50. The molecule has 0 amide bonds. The number of hydrogen-bond donors (Lipinski definition) is 1. The number of allylic oxidation sites excluding steroid dienone is 8. The van der Waals surface area contributed by atoms with Crippen LogP contribution in [0.3, 0.4) is 0 Å². The van der Waals surface area contributed by atoms with E-state index in [-0.39, 0.29) is 5.41 Å². The first-order valence-electron chi connectivity index (χ1n) is 16.1. The summed E-state index contributed by atoms with van der Waals surface area (Å²) in [6.07, 6.45) is 16.3. The molecule has 1 heterocycles. The van der Waals surface area contributed by atoms with Gasteiger partial charge in [-0.15, -0.1) is 12.6 Å². The van der Waals surface area contributed by atoms with E-state index in [0.29, 0.717) is 0 Å². The topological polar surface area (TPSA) is 4.93 Å². The van der Waals surface area contributed by atoms with Crippen molar-refractivity contribution in [2.75, 3.05) is 0 Å². The predicted octanol–water partition coefficient (Wildman–Crippen LogP) is 12.2. The quantitative estimate of drug-likeness (QED) is 0.123. The standard InChI is InChI=1S/C45H41NS/c1-6-34(37-18-20-38(21-19-37)36-14-10-8-11-15-36)30-43-32(3)33(4)44(46(43)41-16-12-9-13-17-41)31-35(7-2)39-26-28-45(5,29-27-39)40-22-24-42(47)25-23-40/h6-28,30-31,47H,1-2,29H2,3-5H3/b34-30+,35-31+. The summed E-state index contributed by atoms with van der Waals surface area (Å²) in [5.74, 6) is 0. The van der Waals surface area contributed by atoms with Crippen LogP contribution < -0.4 is 0 Å². The molecule has 4 aromatic carbocycles. The zero-order chi connectivity index (χ0) is 33.0. The molecule has 1 nitrogen and oxygen atoms in total. The van der Waals surface area contributed by atoms with Gasteiger partial charge >= 0.3 is 0 Å². The lowest BCUT2D eigenvalue weighted by Gasteiger charge is -2.29. The molecule has 0 bridgehead atoms. The third-order valence-corrected chi connectivity index (χ3v) is 9.71. The third-order valence-electron chi connectivity index (χ3n) is 9.41. The summed E-state index contributed by atoms with van der Waals surface area (Å²) < 4.78 is 2.37. The SMILES string of the molecule is C=C/C(=C\c1c(C)c(C)c(/C=C(\C=C)c2ccc(-c3ccccc3)cc2)n1-c1ccccc1)C1=CCC(C)(c2ccc(S)cc2)C=C1. The average Bonchev–Trinajstić information content (AvgIpc) is 3.35. The van der Waals surface area contributed by atoms with Gasteiger partial charge in [0.1, 0.15) is 0 Å². The third kappa shape index (κ3) is 6.61. The van der Waals surface area contributed by atoms with Gasteiger partial charge in [0.05, 0.1) is 0 Å². The summed E-state index contributed by atoms with van der Waals surface area (Å²) in [6, 6.07) is 38.3. The van der Waals surface area contributed by atoms with E-state index in [4.69, 9.17) is 0 Å². The highest BCUT2D eigenvalue weighted by atomic mass is 32.1. The molecule has 0 N–H and O–H groups in total. The highest BCUT2D eigenvalue weighted by molar-refractivity contribution is 7.80. The molecule has 47 heavy (non-hydrogen) atoms. The van der Waals surface area contributed by atoms with Gasteiger partial charge in [-0.1, -0.05) is 135 Å². The van der Waals surface area contributed by atoms with Crippen LogP contribution >= 0.6 is 12.6 Å². The van der Waals surface area contributed by atoms with Gasteiger partial charge in [-0.05, 0) is 107 Å². The fourth-order valence-electron chi connectivity index (χ4n) is 6.35. The van der Waals surface area contributed by atoms with Gasteiger partial charge in [0.2, 0.25) is 0 Å². The monoisotopic (exact) mass is 627 g/mol. The summed E-state index contributed by atoms with van der Waals surface area (Å²) in [7, 11) is 0. The van der Waals surface area contributed by atoms with E-state index in [9.17, 15) is 0 Å². The lowest BCUT2D eigenvalue weighted by atomic mass is 9.75. The summed E-state index contributed by atoms with van der Waals surface area (Å²) in [4.78, 5) is 0.979. The molecule has 1 atom stereocenters. The summed E-state index contributed by atoms with van der Waals surface area (Å²) in [5, 5.41) is 0. The molecule has 0 aliphatic heterocycles. The maximum atomic E-state index is 4.47. The molecule has 6 rings (SSSR count). The number of aromatic nitrogens is 1. The van der Waals surface area contributed by atoms with Gasteiger partial charge in [0.15, 0.2) is 0 Å². The minimum absolute atomic E-state index is 0.0631. The number of thiol groups is 1. The summed E-state index contributed by atoms with van der Waals surface area (Å²) in [6.45, 7) is 15.2. The van der Waals surface area contributed by atoms with Gasteiger partial charge in [0, 0.05) is 27.4 Å². The van der Waals surface area contributed by atoms with Crippen molar-refractivity contribution < 1.29 is 0 Å². The molecule has 1 aromatic heterocycles. The van der Waals surface area contributed by atoms with E-state index in [1.54, 1.807) is 0 Å². The molecule has 0 spiro atoms. The van der Waals surface area contributed by atoms with Crippen LogP contribution in [-0.2, 0) is 5.41 Å². The molecule has 2 heteroatoms. The maximum Gasteiger partial charge on any atom is 0.0500 e. The van der Waals surface area contributed by atoms with Crippen LogP contribution in [0.15, 0.2) is 169 Å². The Hall–Kier alpha value is -5.05. The van der Waals surface area contributed by atoms with Gasteiger partial charge in [-0.2, -0.15) is 0 Å². The first kappa shape index (κ1) is 31.9. The van der Waals surface area contributed by atoms with Crippen LogP contribution in [0.1, 0.15) is 47.0 Å². The largest absolute Gasteiger partial charge is 0.310 e. The van der Waals surface area contributed by atoms with E-state index in [2.05, 4.69) is 185 Å². The minimum atomic E-state index is -0.0631. The Kier molecular flexibility index (Phi) is 9.33. The lowest BCUT2D eigenvalue weighted by Crippen LogP contribution is -2.20. The number of rotatable bonds is 9. The van der Waals surface area contributed by atoms with Crippen LogP contribution in [0.5, 0.6) is 0 Å². The Morgan fingerprint density at radius 3 is 1.81 bits per heavy atom. The molecule has 1 aliphatic rings. The van der Waals surface area contributed by atoms with Crippen LogP contribution in [0.2, 0.25) is 0 Å². The Labute approximate surface area is 285 Å². The van der Waals surface area contributed by atoms with E-state index < -0.39 is 0 Å². The molecule has 0 saturated heterocycles. The van der Waals surface area contributed by atoms with E-state index >= 15 is 0 Å². The number of nitrogens with zero attached hydrogens (tertiary/aromatic N) is 1. The van der Waals surface area contributed by atoms with E-state index in [1.165, 1.54) is 33.4 Å². The van der Waals surface area contributed by atoms with Gasteiger partial charge < -0.3 is 4.57 Å². The first-order chi connectivity index (χ1) is 22.8. The second kappa shape index (κ2) is 13.7. The fraction of sp³-hybridized carbons (Fsp3) is 0.111. The van der Waals surface area contributed by atoms with Crippen molar-refractivity contribution in [3.63, 3.8) is 0 Å². The van der Waals surface area contributed by atoms with Crippen molar-refractivity contribution in [1.29, 1.82) is 0 Å². The maximum absolute atomic E-state index is 4.47. The molecule has 1 unspecified atom stereocenters. The Morgan fingerprint density at radius 2 is 1.26 bits per heavy atom. The van der Waals surface area contributed by atoms with E-state index in [0.717, 1.165) is 45.1 Å². The van der Waals surface area contributed by atoms with Crippen LogP contribution in [0.4, 0.5) is 0 Å². The van der Waals surface area contributed by atoms with Gasteiger partial charge in [-0.25, -0.2) is 0 Å². The Bertz CT molecular complexity index is 2030. The molecule has 0 saturated carbocycles. The van der Waals surface area contributed by atoms with Crippen LogP contribution in [-0.4, -0.2) is 4.57 Å². The van der Waals surface area contributed by atoms with Crippen molar-refractivity contribution >= 4 is 30.4 Å². The second-order valence-electron chi connectivity index (χ2n) is 12.4. The molecule has 0 radical (unpaired) electrons. The Morgan fingerprint density at radius 1 is 0.702 bits per heavy atom. The Balaban J connectivity index is 1.41. The zero-order valence-corrected chi connectivity index (χ0v) is 28.3. The predicted molar refractivity (Wildman–Crippen MR) is 206 cm³/mol. The zero-order valence-electron chi connectivity index (χ0n) is 27.4. The van der Waals surface area contributed by atoms with Crippen molar-refractivity contribution in [2.45, 2.75) is 37.5 Å². The van der Waals surface area contributed by atoms with Gasteiger partial charge in [-0.3, -0.25) is 0 Å².